The molecule has 3 aromatic rings. The molecule has 0 unspecified atom stereocenters. The van der Waals surface area contributed by atoms with Gasteiger partial charge >= 0.3 is 6.18 Å². The van der Waals surface area contributed by atoms with Gasteiger partial charge in [0.05, 0.1) is 23.0 Å². The van der Waals surface area contributed by atoms with Crippen LogP contribution >= 0.6 is 0 Å². The second-order valence-corrected chi connectivity index (χ2v) is 4.63. The summed E-state index contributed by atoms with van der Waals surface area (Å²) in [5.74, 6) is -0.433. The first-order valence-corrected chi connectivity index (χ1v) is 6.36. The maximum absolute atomic E-state index is 12.5. The molecule has 1 amide bonds. The van der Waals surface area contributed by atoms with E-state index in [-0.39, 0.29) is 5.69 Å². The summed E-state index contributed by atoms with van der Waals surface area (Å²) >= 11 is 0. The van der Waals surface area contributed by atoms with Crippen molar-refractivity contribution in [3.63, 3.8) is 0 Å². The molecule has 4 nitrogen and oxygen atoms in total. The highest BCUT2D eigenvalue weighted by atomic mass is 19.4. The van der Waals surface area contributed by atoms with Gasteiger partial charge in [-0.2, -0.15) is 13.2 Å². The maximum atomic E-state index is 12.5. The van der Waals surface area contributed by atoms with E-state index in [1.807, 2.05) is 0 Å². The number of hydrogen-bond acceptors (Lipinski definition) is 2. The quantitative estimate of drug-likeness (QED) is 0.756. The minimum Gasteiger partial charge on any atom is -0.345 e. The lowest BCUT2D eigenvalue weighted by Gasteiger charge is -2.09. The van der Waals surface area contributed by atoms with E-state index in [4.69, 9.17) is 0 Å². The number of H-pyrrole nitrogens is 1. The van der Waals surface area contributed by atoms with Gasteiger partial charge in [0.2, 0.25) is 0 Å². The molecule has 0 saturated heterocycles. The normalized spacial score (nSPS) is 11.6. The third-order valence-corrected chi connectivity index (χ3v) is 3.16. The van der Waals surface area contributed by atoms with Gasteiger partial charge in [-0.05, 0) is 36.4 Å². The van der Waals surface area contributed by atoms with E-state index in [1.165, 1.54) is 18.5 Å². The van der Waals surface area contributed by atoms with E-state index in [0.29, 0.717) is 16.6 Å². The number of para-hydroxylation sites is 1. The lowest BCUT2D eigenvalue weighted by atomic mass is 10.1. The molecule has 22 heavy (non-hydrogen) atoms. The highest BCUT2D eigenvalue weighted by Crippen LogP contribution is 2.30. The average Bonchev–Trinajstić information content (AvgIpc) is 2.95. The van der Waals surface area contributed by atoms with Gasteiger partial charge in [-0.15, -0.1) is 0 Å². The van der Waals surface area contributed by atoms with E-state index in [9.17, 15) is 18.0 Å². The lowest BCUT2D eigenvalue weighted by Crippen LogP contribution is -2.13. The van der Waals surface area contributed by atoms with E-state index in [1.54, 1.807) is 18.2 Å². The Labute approximate surface area is 123 Å². The Kier molecular flexibility index (Phi) is 3.32. The number of carbonyl (C=O) groups excluding carboxylic acids is 1. The summed E-state index contributed by atoms with van der Waals surface area (Å²) in [5, 5.41) is 2.56. The van der Waals surface area contributed by atoms with E-state index in [0.717, 1.165) is 12.1 Å². The number of halogens is 3. The zero-order chi connectivity index (χ0) is 15.7. The number of amides is 1. The van der Waals surface area contributed by atoms with E-state index >= 15 is 0 Å². The first kappa shape index (κ1) is 14.1. The van der Waals surface area contributed by atoms with Crippen LogP contribution in [0, 0.1) is 0 Å². The Bertz CT molecular complexity index is 822. The van der Waals surface area contributed by atoms with E-state index < -0.39 is 17.6 Å². The standard InChI is InChI=1S/C15H10F3N3O/c16-15(17,18)9-4-6-10(7-5-9)21-14(22)11-2-1-3-12-13(11)20-8-19-12/h1-8H,(H,19,20)(H,21,22). The Morgan fingerprint density at radius 3 is 2.50 bits per heavy atom. The molecule has 2 N–H and O–H groups in total. The molecule has 0 fully saturated rings. The molecule has 0 aliphatic rings. The molecule has 0 aliphatic carbocycles. The van der Waals surface area contributed by atoms with Crippen LogP contribution in [0.5, 0.6) is 0 Å². The van der Waals surface area contributed by atoms with Crippen LogP contribution in [0.4, 0.5) is 18.9 Å². The van der Waals surface area contributed by atoms with Crippen molar-refractivity contribution in [2.24, 2.45) is 0 Å². The van der Waals surface area contributed by atoms with Crippen LogP contribution in [0.3, 0.4) is 0 Å². The number of hydrogen-bond donors (Lipinski definition) is 2. The monoisotopic (exact) mass is 305 g/mol. The predicted octanol–water partition coefficient (Wildman–Crippen LogP) is 3.83. The van der Waals surface area contributed by atoms with Crippen LogP contribution in [0.25, 0.3) is 11.0 Å². The van der Waals surface area contributed by atoms with Crippen molar-refractivity contribution < 1.29 is 18.0 Å². The molecule has 3 rings (SSSR count). The van der Waals surface area contributed by atoms with Crippen LogP contribution < -0.4 is 5.32 Å². The summed E-state index contributed by atoms with van der Waals surface area (Å²) in [6.45, 7) is 0. The first-order valence-electron chi connectivity index (χ1n) is 6.36. The molecule has 0 atom stereocenters. The summed E-state index contributed by atoms with van der Waals surface area (Å²) < 4.78 is 37.5. The number of nitrogens with one attached hydrogen (secondary N) is 2. The largest absolute Gasteiger partial charge is 0.416 e. The lowest BCUT2D eigenvalue weighted by molar-refractivity contribution is -0.137. The molecular formula is C15H10F3N3O. The fraction of sp³-hybridized carbons (Fsp3) is 0.0667. The van der Waals surface area contributed by atoms with E-state index in [2.05, 4.69) is 15.3 Å². The average molecular weight is 305 g/mol. The summed E-state index contributed by atoms with van der Waals surface area (Å²) in [5.41, 5.74) is 1.08. The molecule has 1 heterocycles. The van der Waals surface area contributed by atoms with Crippen molar-refractivity contribution in [3.8, 4) is 0 Å². The predicted molar refractivity (Wildman–Crippen MR) is 75.5 cm³/mol. The number of fused-ring (bicyclic) bond motifs is 1. The fourth-order valence-electron chi connectivity index (χ4n) is 2.09. The minimum absolute atomic E-state index is 0.283. The number of anilines is 1. The van der Waals surface area contributed by atoms with Crippen molar-refractivity contribution in [2.75, 3.05) is 5.32 Å². The molecule has 7 heteroatoms. The summed E-state index contributed by atoms with van der Waals surface area (Å²) in [6, 6.07) is 9.34. The second kappa shape index (κ2) is 5.18. The van der Waals surface area contributed by atoms with Crippen molar-refractivity contribution in [2.45, 2.75) is 6.18 Å². The highest BCUT2D eigenvalue weighted by Gasteiger charge is 2.30. The molecule has 0 spiro atoms. The zero-order valence-corrected chi connectivity index (χ0v) is 11.1. The number of imidazole rings is 1. The second-order valence-electron chi connectivity index (χ2n) is 4.63. The van der Waals surface area contributed by atoms with Crippen molar-refractivity contribution in [1.29, 1.82) is 0 Å². The number of carbonyl (C=O) groups is 1. The SMILES string of the molecule is O=C(Nc1ccc(C(F)(F)F)cc1)c1cccc2[nH]cnc12. The van der Waals surface area contributed by atoms with Crippen LogP contribution in [-0.2, 0) is 6.18 Å². The fourth-order valence-corrected chi connectivity index (χ4v) is 2.09. The number of aromatic nitrogens is 2. The molecular weight excluding hydrogens is 295 g/mol. The Morgan fingerprint density at radius 2 is 1.82 bits per heavy atom. The van der Waals surface area contributed by atoms with Crippen LogP contribution in [0.1, 0.15) is 15.9 Å². The molecule has 0 aliphatic heterocycles. The molecule has 2 aromatic carbocycles. The summed E-state index contributed by atoms with van der Waals surface area (Å²) in [6.07, 6.45) is -2.93. The molecule has 1 aromatic heterocycles. The molecule has 0 saturated carbocycles. The summed E-state index contributed by atoms with van der Waals surface area (Å²) in [4.78, 5) is 19.2. The first-order chi connectivity index (χ1) is 10.4. The number of benzene rings is 2. The number of nitrogens with zero attached hydrogens (tertiary/aromatic N) is 1. The van der Waals surface area contributed by atoms with Gasteiger partial charge in [-0.25, -0.2) is 4.98 Å². The Balaban J connectivity index is 1.84. The number of aromatic amines is 1. The third kappa shape index (κ3) is 2.65. The van der Waals surface area contributed by atoms with Gasteiger partial charge in [0.25, 0.3) is 5.91 Å². The van der Waals surface area contributed by atoms with Crippen LogP contribution in [-0.4, -0.2) is 15.9 Å². The van der Waals surface area contributed by atoms with Crippen molar-refractivity contribution in [3.05, 3.63) is 59.9 Å². The molecule has 112 valence electrons. The smallest absolute Gasteiger partial charge is 0.345 e. The Hall–Kier alpha value is -2.83. The van der Waals surface area contributed by atoms with Gasteiger partial charge in [-0.1, -0.05) is 6.07 Å². The minimum atomic E-state index is -4.40. The van der Waals surface area contributed by atoms with Gasteiger partial charge in [0.1, 0.15) is 5.52 Å². The molecule has 0 bridgehead atoms. The van der Waals surface area contributed by atoms with Crippen molar-refractivity contribution >= 4 is 22.6 Å². The number of alkyl halides is 3. The van der Waals surface area contributed by atoms with Gasteiger partial charge < -0.3 is 10.3 Å². The third-order valence-electron chi connectivity index (χ3n) is 3.16. The van der Waals surface area contributed by atoms with Gasteiger partial charge in [-0.3, -0.25) is 4.79 Å². The molecule has 0 radical (unpaired) electrons. The van der Waals surface area contributed by atoms with Crippen LogP contribution in [0.15, 0.2) is 48.8 Å². The van der Waals surface area contributed by atoms with Gasteiger partial charge in [0.15, 0.2) is 0 Å². The van der Waals surface area contributed by atoms with Crippen molar-refractivity contribution in [1.82, 2.24) is 9.97 Å². The van der Waals surface area contributed by atoms with Crippen LogP contribution in [0.2, 0.25) is 0 Å². The number of rotatable bonds is 2. The summed E-state index contributed by atoms with van der Waals surface area (Å²) in [7, 11) is 0. The Morgan fingerprint density at radius 1 is 1.09 bits per heavy atom. The van der Waals surface area contributed by atoms with Gasteiger partial charge in [0, 0.05) is 5.69 Å². The maximum Gasteiger partial charge on any atom is 0.416 e. The highest BCUT2D eigenvalue weighted by molar-refractivity contribution is 6.11. The topological polar surface area (TPSA) is 57.8 Å². The zero-order valence-electron chi connectivity index (χ0n) is 11.1.